The third-order valence-electron chi connectivity index (χ3n) is 5.24. The maximum Gasteiger partial charge on any atom is 0.309 e. The van der Waals surface area contributed by atoms with E-state index in [2.05, 4.69) is 10.6 Å². The number of anilines is 1. The molecule has 0 radical (unpaired) electrons. The van der Waals surface area contributed by atoms with Crippen LogP contribution in [-0.2, 0) is 14.3 Å². The average molecular weight is 419 g/mol. The van der Waals surface area contributed by atoms with E-state index in [1.54, 1.807) is 24.5 Å². The first-order valence-electron chi connectivity index (χ1n) is 10.0. The molecule has 2 heterocycles. The zero-order valence-corrected chi connectivity index (χ0v) is 17.0. The summed E-state index contributed by atoms with van der Waals surface area (Å²) < 4.78 is 24.5. The number of carbonyl (C=O) groups is 2. The number of carbonyl (C=O) groups excluding carboxylic acids is 2. The Bertz CT molecular complexity index is 822. The minimum absolute atomic E-state index is 0.140. The molecule has 1 aliphatic heterocycles. The first-order chi connectivity index (χ1) is 14.6. The van der Waals surface area contributed by atoms with Crippen LogP contribution in [-0.4, -0.2) is 64.8 Å². The SMILES string of the molecule is COCCNC(=O)C(=O)NC[C@H](c1ccco1)[NH+]1CCN(c2ccccc2F)CC1. The molecule has 162 valence electrons. The fraction of sp³-hybridized carbons (Fsp3) is 0.429. The summed E-state index contributed by atoms with van der Waals surface area (Å²) >= 11 is 0. The Balaban J connectivity index is 1.58. The summed E-state index contributed by atoms with van der Waals surface area (Å²) in [6, 6.07) is 10.3. The van der Waals surface area contributed by atoms with Crippen LogP contribution in [0.2, 0.25) is 0 Å². The van der Waals surface area contributed by atoms with Gasteiger partial charge in [0.25, 0.3) is 0 Å². The number of amides is 2. The van der Waals surface area contributed by atoms with Gasteiger partial charge in [0.1, 0.15) is 5.82 Å². The van der Waals surface area contributed by atoms with E-state index in [9.17, 15) is 14.0 Å². The van der Waals surface area contributed by atoms with Crippen molar-refractivity contribution in [3.05, 3.63) is 54.2 Å². The minimum atomic E-state index is -0.690. The van der Waals surface area contributed by atoms with Crippen LogP contribution in [0.5, 0.6) is 0 Å². The summed E-state index contributed by atoms with van der Waals surface area (Å²) in [5.74, 6) is -0.864. The first-order valence-corrected chi connectivity index (χ1v) is 10.0. The van der Waals surface area contributed by atoms with Crippen LogP contribution >= 0.6 is 0 Å². The van der Waals surface area contributed by atoms with Crippen molar-refractivity contribution >= 4 is 17.5 Å². The van der Waals surface area contributed by atoms with E-state index >= 15 is 0 Å². The highest BCUT2D eigenvalue weighted by Gasteiger charge is 2.32. The Kier molecular flexibility index (Phi) is 7.81. The number of furan rings is 1. The first kappa shape index (κ1) is 21.8. The number of para-hydroxylation sites is 1. The molecule has 2 amide bonds. The number of benzene rings is 1. The van der Waals surface area contributed by atoms with Crippen molar-refractivity contribution < 1.29 is 28.0 Å². The molecule has 0 saturated carbocycles. The van der Waals surface area contributed by atoms with Crippen LogP contribution in [0.4, 0.5) is 10.1 Å². The molecular formula is C21H28FN4O4+. The van der Waals surface area contributed by atoms with Gasteiger partial charge in [-0.2, -0.15) is 0 Å². The largest absolute Gasteiger partial charge is 0.463 e. The molecule has 9 heteroatoms. The molecule has 1 aromatic heterocycles. The summed E-state index contributed by atoms with van der Waals surface area (Å²) in [5.41, 5.74) is 0.604. The van der Waals surface area contributed by atoms with Gasteiger partial charge in [0.15, 0.2) is 11.8 Å². The number of hydrogen-bond acceptors (Lipinski definition) is 5. The zero-order valence-electron chi connectivity index (χ0n) is 17.0. The van der Waals surface area contributed by atoms with Gasteiger partial charge in [-0.3, -0.25) is 9.59 Å². The van der Waals surface area contributed by atoms with Crippen LogP contribution < -0.4 is 20.4 Å². The molecule has 3 N–H and O–H groups in total. The number of piperazine rings is 1. The monoisotopic (exact) mass is 419 g/mol. The number of nitrogens with one attached hydrogen (secondary N) is 3. The van der Waals surface area contributed by atoms with Crippen LogP contribution in [0, 0.1) is 5.82 Å². The fourth-order valence-electron chi connectivity index (χ4n) is 3.65. The highest BCUT2D eigenvalue weighted by atomic mass is 19.1. The van der Waals surface area contributed by atoms with Crippen LogP contribution in [0.1, 0.15) is 11.8 Å². The summed E-state index contributed by atoms with van der Waals surface area (Å²) in [6.07, 6.45) is 1.59. The Morgan fingerprint density at radius 3 is 2.57 bits per heavy atom. The second-order valence-corrected chi connectivity index (χ2v) is 7.12. The van der Waals surface area contributed by atoms with Crippen molar-refractivity contribution in [2.75, 3.05) is 57.9 Å². The smallest absolute Gasteiger partial charge is 0.309 e. The lowest BCUT2D eigenvalue weighted by atomic mass is 10.1. The van der Waals surface area contributed by atoms with Gasteiger partial charge in [0.05, 0.1) is 51.3 Å². The minimum Gasteiger partial charge on any atom is -0.463 e. The molecular weight excluding hydrogens is 391 g/mol. The van der Waals surface area contributed by atoms with Gasteiger partial charge in [0.2, 0.25) is 0 Å². The Morgan fingerprint density at radius 2 is 1.90 bits per heavy atom. The Labute approximate surface area is 175 Å². The van der Waals surface area contributed by atoms with Crippen molar-refractivity contribution in [3.8, 4) is 0 Å². The molecule has 1 aliphatic rings. The molecule has 1 fully saturated rings. The zero-order chi connectivity index (χ0) is 21.3. The molecule has 30 heavy (non-hydrogen) atoms. The van der Waals surface area contributed by atoms with Crippen molar-refractivity contribution in [3.63, 3.8) is 0 Å². The number of hydrogen-bond donors (Lipinski definition) is 3. The van der Waals surface area contributed by atoms with Crippen molar-refractivity contribution in [1.82, 2.24) is 10.6 Å². The summed E-state index contributed by atoms with van der Waals surface area (Å²) in [4.78, 5) is 27.2. The lowest BCUT2D eigenvalue weighted by Gasteiger charge is -2.37. The Morgan fingerprint density at radius 1 is 1.17 bits per heavy atom. The van der Waals surface area contributed by atoms with Gasteiger partial charge in [0, 0.05) is 13.7 Å². The molecule has 0 unspecified atom stereocenters. The van der Waals surface area contributed by atoms with E-state index < -0.39 is 11.8 Å². The van der Waals surface area contributed by atoms with E-state index in [0.29, 0.717) is 25.4 Å². The lowest BCUT2D eigenvalue weighted by molar-refractivity contribution is -0.932. The molecule has 8 nitrogen and oxygen atoms in total. The van der Waals surface area contributed by atoms with Crippen LogP contribution in [0.3, 0.4) is 0 Å². The Hall–Kier alpha value is -2.91. The standard InChI is InChI=1S/C21H27FN4O4/c1-29-14-8-23-20(27)21(28)24-15-18(19-7-4-13-30-19)26-11-9-25(10-12-26)17-6-3-2-5-16(17)22/h2-7,13,18H,8-12,14-15H2,1H3,(H,23,27)(H,24,28)/p+1/t18-/m1/s1. The third kappa shape index (κ3) is 5.58. The van der Waals surface area contributed by atoms with Crippen molar-refractivity contribution in [2.24, 2.45) is 0 Å². The maximum absolute atomic E-state index is 14.1. The molecule has 1 aromatic carbocycles. The van der Waals surface area contributed by atoms with E-state index in [1.807, 2.05) is 17.0 Å². The molecule has 1 saturated heterocycles. The molecule has 0 spiro atoms. The summed E-state index contributed by atoms with van der Waals surface area (Å²) in [6.45, 7) is 3.72. The molecule has 0 aliphatic carbocycles. The van der Waals surface area contributed by atoms with E-state index in [1.165, 1.54) is 18.1 Å². The number of ether oxygens (including phenoxy) is 1. The van der Waals surface area contributed by atoms with E-state index in [-0.39, 0.29) is 24.9 Å². The molecule has 2 aromatic rings. The van der Waals surface area contributed by atoms with Gasteiger partial charge in [-0.05, 0) is 24.3 Å². The number of rotatable bonds is 8. The topological polar surface area (TPSA) is 88.2 Å². The highest BCUT2D eigenvalue weighted by molar-refractivity contribution is 6.35. The average Bonchev–Trinajstić information content (AvgIpc) is 3.29. The number of methoxy groups -OCH3 is 1. The van der Waals surface area contributed by atoms with Gasteiger partial charge in [-0.25, -0.2) is 4.39 Å². The second-order valence-electron chi connectivity index (χ2n) is 7.12. The van der Waals surface area contributed by atoms with Gasteiger partial charge in [-0.1, -0.05) is 12.1 Å². The fourth-order valence-corrected chi connectivity index (χ4v) is 3.65. The lowest BCUT2D eigenvalue weighted by Crippen LogP contribution is -3.15. The van der Waals surface area contributed by atoms with Gasteiger partial charge >= 0.3 is 11.8 Å². The normalized spacial score (nSPS) is 15.6. The number of nitrogens with zero attached hydrogens (tertiary/aromatic N) is 1. The summed E-state index contributed by atoms with van der Waals surface area (Å²) in [5, 5.41) is 5.20. The predicted molar refractivity (Wildman–Crippen MR) is 109 cm³/mol. The van der Waals surface area contributed by atoms with Gasteiger partial charge < -0.3 is 29.6 Å². The number of halogens is 1. The molecule has 1 atom stereocenters. The van der Waals surface area contributed by atoms with E-state index in [0.717, 1.165) is 18.8 Å². The predicted octanol–water partition coefficient (Wildman–Crippen LogP) is -0.256. The molecule has 3 rings (SSSR count). The maximum atomic E-state index is 14.1. The van der Waals surface area contributed by atoms with Gasteiger partial charge in [-0.15, -0.1) is 0 Å². The van der Waals surface area contributed by atoms with Crippen LogP contribution in [0.15, 0.2) is 47.1 Å². The number of quaternary nitrogens is 1. The van der Waals surface area contributed by atoms with Crippen LogP contribution in [0.25, 0.3) is 0 Å². The quantitative estimate of drug-likeness (QED) is 0.406. The summed E-state index contributed by atoms with van der Waals surface area (Å²) in [7, 11) is 1.52. The highest BCUT2D eigenvalue weighted by Crippen LogP contribution is 2.19. The second kappa shape index (κ2) is 10.7. The van der Waals surface area contributed by atoms with E-state index in [4.69, 9.17) is 9.15 Å². The van der Waals surface area contributed by atoms with Crippen molar-refractivity contribution in [2.45, 2.75) is 6.04 Å². The van der Waals surface area contributed by atoms with Crippen molar-refractivity contribution in [1.29, 1.82) is 0 Å². The molecule has 0 bridgehead atoms. The third-order valence-corrected chi connectivity index (χ3v) is 5.24.